The van der Waals surface area contributed by atoms with Crippen LogP contribution in [0, 0.1) is 17.8 Å². The molecule has 0 aliphatic carbocycles. The normalized spacial score (nSPS) is 31.6. The van der Waals surface area contributed by atoms with E-state index >= 15 is 0 Å². The van der Waals surface area contributed by atoms with Crippen LogP contribution in [0.1, 0.15) is 72.6 Å². The first-order valence-electron chi connectivity index (χ1n) is 14.0. The highest BCUT2D eigenvalue weighted by atomic mass is 32.2. The zero-order valence-corrected chi connectivity index (χ0v) is 23.9. The first-order chi connectivity index (χ1) is 17.7. The summed E-state index contributed by atoms with van der Waals surface area (Å²) >= 11 is 1.65. The van der Waals surface area contributed by atoms with Crippen molar-refractivity contribution >= 4 is 29.5 Å². The van der Waals surface area contributed by atoms with Gasteiger partial charge in [-0.3, -0.25) is 14.4 Å². The smallest absolute Gasteiger partial charge is 0.310 e. The van der Waals surface area contributed by atoms with Crippen LogP contribution in [-0.2, 0) is 19.1 Å². The van der Waals surface area contributed by atoms with E-state index in [2.05, 4.69) is 27.0 Å². The molecule has 4 unspecified atom stereocenters. The van der Waals surface area contributed by atoms with Gasteiger partial charge in [-0.2, -0.15) is 0 Å². The summed E-state index contributed by atoms with van der Waals surface area (Å²) in [6.45, 7) is 16.3. The molecule has 3 rings (SSSR count). The number of aliphatic hydroxyl groups is 1. The SMILES string of the molecule is C=CCCCCOC(=O)[C@@H]1[C@@H]2CC(C)C3(S2)C(C(=O)N(CC=C)C(C)CCC)N([C@@H](CC)CO)C(=O)[C@H]13. The first kappa shape index (κ1) is 29.8. The van der Waals surface area contributed by atoms with Gasteiger partial charge in [0.2, 0.25) is 11.8 Å². The number of carbonyl (C=O) groups is 3. The van der Waals surface area contributed by atoms with Gasteiger partial charge in [0.05, 0.1) is 35.8 Å². The lowest BCUT2D eigenvalue weighted by atomic mass is 9.66. The Bertz CT molecular complexity index is 861. The number of likely N-dealkylation sites (tertiary alicyclic amines) is 1. The molecule has 3 aliphatic rings. The van der Waals surface area contributed by atoms with Crippen molar-refractivity contribution in [1.29, 1.82) is 0 Å². The summed E-state index contributed by atoms with van der Waals surface area (Å²) < 4.78 is 4.99. The molecule has 7 nitrogen and oxygen atoms in total. The maximum Gasteiger partial charge on any atom is 0.310 e. The molecule has 3 saturated heterocycles. The maximum atomic E-state index is 14.4. The number of allylic oxidation sites excluding steroid dienone is 1. The highest BCUT2D eigenvalue weighted by molar-refractivity contribution is 8.02. The predicted molar refractivity (Wildman–Crippen MR) is 148 cm³/mol. The molecule has 3 aliphatic heterocycles. The van der Waals surface area contributed by atoms with Crippen LogP contribution in [0.4, 0.5) is 0 Å². The van der Waals surface area contributed by atoms with E-state index in [0.717, 1.165) is 38.5 Å². The zero-order chi connectivity index (χ0) is 27.3. The Hall–Kier alpha value is -1.80. The van der Waals surface area contributed by atoms with Crippen molar-refractivity contribution in [2.45, 2.75) is 101 Å². The van der Waals surface area contributed by atoms with Crippen molar-refractivity contribution in [2.24, 2.45) is 17.8 Å². The largest absolute Gasteiger partial charge is 0.465 e. The molecule has 8 atom stereocenters. The monoisotopic (exact) mass is 534 g/mol. The van der Waals surface area contributed by atoms with Crippen LogP contribution in [-0.4, -0.2) is 80.6 Å². The average molecular weight is 535 g/mol. The quantitative estimate of drug-likeness (QED) is 0.193. The molecule has 3 fully saturated rings. The third kappa shape index (κ3) is 5.25. The minimum absolute atomic E-state index is 0.00709. The van der Waals surface area contributed by atoms with Gasteiger partial charge >= 0.3 is 5.97 Å². The number of thioether (sulfide) groups is 1. The van der Waals surface area contributed by atoms with E-state index in [9.17, 15) is 19.5 Å². The van der Waals surface area contributed by atoms with Crippen LogP contribution in [0.3, 0.4) is 0 Å². The molecule has 0 aromatic heterocycles. The highest BCUT2D eigenvalue weighted by Gasteiger charge is 2.77. The molecule has 0 aromatic carbocycles. The molecular weight excluding hydrogens is 488 g/mol. The van der Waals surface area contributed by atoms with Crippen molar-refractivity contribution in [3.63, 3.8) is 0 Å². The summed E-state index contributed by atoms with van der Waals surface area (Å²) in [6.07, 6.45) is 9.19. The number of nitrogens with zero attached hydrogens (tertiary/aromatic N) is 2. The number of unbranched alkanes of at least 4 members (excludes halogenated alkanes) is 2. The third-order valence-electron chi connectivity index (χ3n) is 8.66. The standard InChI is InChI=1S/C29H46N2O5S/c1-7-11-12-13-16-36-28(35)23-22-17-19(5)29(37-22)24(23)26(33)31(21(10-4)18-32)25(29)27(34)30(15-9-3)20(6)14-8-2/h7,9,19-25,32H,1,3,8,10-18H2,2,4-6H3/t19?,20?,21-,22-,23+,24-,25?,29?/m0/s1. The number of carbonyl (C=O) groups excluding carboxylic acids is 3. The molecule has 37 heavy (non-hydrogen) atoms. The molecule has 0 aromatic rings. The minimum atomic E-state index is -0.725. The molecule has 208 valence electrons. The first-order valence-corrected chi connectivity index (χ1v) is 14.9. The fraction of sp³-hybridized carbons (Fsp3) is 0.759. The summed E-state index contributed by atoms with van der Waals surface area (Å²) in [5.41, 5.74) is 0. The van der Waals surface area contributed by atoms with Crippen LogP contribution in [0.15, 0.2) is 25.3 Å². The summed E-state index contributed by atoms with van der Waals surface area (Å²) in [6, 6.07) is -1.21. The van der Waals surface area contributed by atoms with Gasteiger partial charge in [0.1, 0.15) is 6.04 Å². The molecule has 3 heterocycles. The van der Waals surface area contributed by atoms with Crippen molar-refractivity contribution in [2.75, 3.05) is 19.8 Å². The highest BCUT2D eigenvalue weighted by Crippen LogP contribution is 2.69. The maximum absolute atomic E-state index is 14.4. The molecule has 0 saturated carbocycles. The Morgan fingerprint density at radius 1 is 1.30 bits per heavy atom. The van der Waals surface area contributed by atoms with Crippen LogP contribution in [0.2, 0.25) is 0 Å². The Morgan fingerprint density at radius 3 is 2.62 bits per heavy atom. The van der Waals surface area contributed by atoms with Crippen molar-refractivity contribution < 1.29 is 24.2 Å². The van der Waals surface area contributed by atoms with E-state index in [-0.39, 0.29) is 41.6 Å². The van der Waals surface area contributed by atoms with Gasteiger partial charge in [-0.25, -0.2) is 0 Å². The van der Waals surface area contributed by atoms with Crippen LogP contribution >= 0.6 is 11.8 Å². The van der Waals surface area contributed by atoms with Crippen molar-refractivity contribution in [1.82, 2.24) is 9.80 Å². The summed E-state index contributed by atoms with van der Waals surface area (Å²) in [7, 11) is 0. The van der Waals surface area contributed by atoms with Gasteiger partial charge in [-0.15, -0.1) is 24.9 Å². The fourth-order valence-corrected chi connectivity index (χ4v) is 9.22. The van der Waals surface area contributed by atoms with Crippen molar-refractivity contribution in [3.05, 3.63) is 25.3 Å². The third-order valence-corrected chi connectivity index (χ3v) is 10.7. The molecule has 0 radical (unpaired) electrons. The number of fused-ring (bicyclic) bond motifs is 1. The van der Waals surface area contributed by atoms with Crippen LogP contribution in [0.5, 0.6) is 0 Å². The van der Waals surface area contributed by atoms with E-state index in [1.807, 2.05) is 24.8 Å². The molecule has 1 spiro atoms. The number of aliphatic hydroxyl groups excluding tert-OH is 1. The van der Waals surface area contributed by atoms with Gasteiger partial charge in [0.25, 0.3) is 0 Å². The average Bonchev–Trinajstić information content (AvgIpc) is 3.47. The summed E-state index contributed by atoms with van der Waals surface area (Å²) in [5.74, 6) is -1.71. The van der Waals surface area contributed by atoms with Crippen LogP contribution < -0.4 is 0 Å². The Kier molecular flexibility index (Phi) is 10.3. The Morgan fingerprint density at radius 2 is 2.03 bits per heavy atom. The summed E-state index contributed by atoms with van der Waals surface area (Å²) in [5, 5.41) is 10.2. The minimum Gasteiger partial charge on any atom is -0.465 e. The number of hydrogen-bond acceptors (Lipinski definition) is 6. The van der Waals surface area contributed by atoms with Gasteiger partial charge in [-0.05, 0) is 51.4 Å². The number of hydrogen-bond donors (Lipinski definition) is 1. The Balaban J connectivity index is 2.00. The van der Waals surface area contributed by atoms with Gasteiger partial charge in [0.15, 0.2) is 0 Å². The Labute approximate surface area is 227 Å². The van der Waals surface area contributed by atoms with Gasteiger partial charge in [0, 0.05) is 17.8 Å². The lowest BCUT2D eigenvalue weighted by Gasteiger charge is -2.43. The van der Waals surface area contributed by atoms with E-state index < -0.39 is 28.7 Å². The topological polar surface area (TPSA) is 87.2 Å². The molecule has 2 bridgehead atoms. The van der Waals surface area contributed by atoms with Crippen molar-refractivity contribution in [3.8, 4) is 0 Å². The number of ether oxygens (including phenoxy) is 1. The molecule has 2 amide bonds. The lowest BCUT2D eigenvalue weighted by Crippen LogP contribution is -2.60. The van der Waals surface area contributed by atoms with Crippen LogP contribution in [0.25, 0.3) is 0 Å². The predicted octanol–water partition coefficient (Wildman–Crippen LogP) is 4.20. The molecule has 8 heteroatoms. The summed E-state index contributed by atoms with van der Waals surface area (Å²) in [4.78, 5) is 45.5. The lowest BCUT2D eigenvalue weighted by molar-refractivity contribution is -0.155. The molecular formula is C29H46N2O5S. The molecule has 1 N–H and O–H groups in total. The van der Waals surface area contributed by atoms with E-state index in [0.29, 0.717) is 19.6 Å². The zero-order valence-electron chi connectivity index (χ0n) is 23.1. The second-order valence-electron chi connectivity index (χ2n) is 10.9. The number of rotatable bonds is 15. The van der Waals surface area contributed by atoms with Gasteiger partial charge in [-0.1, -0.05) is 39.3 Å². The number of esters is 1. The number of amides is 2. The van der Waals surface area contributed by atoms with E-state index in [1.54, 1.807) is 22.7 Å². The van der Waals surface area contributed by atoms with E-state index in [1.165, 1.54) is 0 Å². The van der Waals surface area contributed by atoms with E-state index in [4.69, 9.17) is 4.74 Å². The van der Waals surface area contributed by atoms with Gasteiger partial charge < -0.3 is 19.6 Å². The second-order valence-corrected chi connectivity index (χ2v) is 12.5. The second kappa shape index (κ2) is 12.8. The fourth-order valence-electron chi connectivity index (χ4n) is 6.83.